The summed E-state index contributed by atoms with van der Waals surface area (Å²) in [5, 5.41) is 2.93. The number of nitrogens with zero attached hydrogens (tertiary/aromatic N) is 2. The molecule has 1 aromatic heterocycles. The zero-order valence-corrected chi connectivity index (χ0v) is 15.7. The number of rotatable bonds is 5. The molecule has 0 saturated heterocycles. The van der Waals surface area contributed by atoms with Crippen LogP contribution in [0.1, 0.15) is 43.2 Å². The van der Waals surface area contributed by atoms with Crippen molar-refractivity contribution in [1.82, 2.24) is 10.3 Å². The minimum atomic E-state index is -0.342. The van der Waals surface area contributed by atoms with Crippen LogP contribution in [0.4, 0.5) is 10.5 Å². The maximum absolute atomic E-state index is 12.1. The summed E-state index contributed by atoms with van der Waals surface area (Å²) >= 11 is 0. The molecule has 142 valence electrons. The Bertz CT molecular complexity index is 772. The fraction of sp³-hybridized carbons (Fsp3) is 0.455. The first kappa shape index (κ1) is 17.8. The topological polar surface area (TPSA) is 54.5 Å². The summed E-state index contributed by atoms with van der Waals surface area (Å²) in [6, 6.07) is 10.0. The normalized spacial score (nSPS) is 16.8. The first-order chi connectivity index (χ1) is 13.3. The van der Waals surface area contributed by atoms with Gasteiger partial charge in [0.2, 0.25) is 0 Å². The van der Waals surface area contributed by atoms with Crippen molar-refractivity contribution in [2.24, 2.45) is 5.92 Å². The Balaban J connectivity index is 1.32. The number of hydrogen-bond donors (Lipinski definition) is 1. The minimum Gasteiger partial charge on any atom is -0.410 e. The molecule has 5 heteroatoms. The number of pyridine rings is 1. The van der Waals surface area contributed by atoms with Crippen LogP contribution < -0.4 is 15.0 Å². The van der Waals surface area contributed by atoms with Crippen LogP contribution in [0.3, 0.4) is 0 Å². The average Bonchev–Trinajstić information content (AvgIpc) is 3.10. The second-order valence-corrected chi connectivity index (χ2v) is 7.60. The molecule has 2 heterocycles. The van der Waals surface area contributed by atoms with E-state index in [1.54, 1.807) is 6.20 Å². The van der Waals surface area contributed by atoms with E-state index in [0.717, 1.165) is 26.1 Å². The number of benzene rings is 1. The molecule has 2 aliphatic rings. The number of aromatic nitrogens is 1. The van der Waals surface area contributed by atoms with E-state index in [-0.39, 0.29) is 6.09 Å². The van der Waals surface area contributed by atoms with Crippen LogP contribution in [0.2, 0.25) is 0 Å². The van der Waals surface area contributed by atoms with Crippen LogP contribution in [0.15, 0.2) is 42.7 Å². The number of nitrogens with one attached hydrogen (secondary N) is 1. The van der Waals surface area contributed by atoms with Gasteiger partial charge in [-0.2, -0.15) is 0 Å². The number of hydrogen-bond acceptors (Lipinski definition) is 4. The standard InChI is InChI=1S/C22H27N3O2/c26-22(24-15-17-5-2-1-3-6-17)27-20-8-9-21-19(13-20)10-12-25(21)16-18-7-4-11-23-14-18/h4,7-9,11,13-14,17H,1-3,5-6,10,12,15-16H2,(H,24,26). The second-order valence-electron chi connectivity index (χ2n) is 7.60. The summed E-state index contributed by atoms with van der Waals surface area (Å²) in [4.78, 5) is 18.6. The van der Waals surface area contributed by atoms with Gasteiger partial charge in [-0.1, -0.05) is 25.3 Å². The number of carbonyl (C=O) groups is 1. The third-order valence-electron chi connectivity index (χ3n) is 5.61. The zero-order chi connectivity index (χ0) is 18.5. The molecule has 1 N–H and O–H groups in total. The van der Waals surface area contributed by atoms with Crippen molar-refractivity contribution < 1.29 is 9.53 Å². The molecule has 1 fully saturated rings. The van der Waals surface area contributed by atoms with Crippen molar-refractivity contribution in [2.45, 2.75) is 45.1 Å². The summed E-state index contributed by atoms with van der Waals surface area (Å²) in [5.41, 5.74) is 3.65. The SMILES string of the molecule is O=C(NCC1CCCCC1)Oc1ccc2c(c1)CCN2Cc1cccnc1. The van der Waals surface area contributed by atoms with Crippen LogP contribution in [-0.4, -0.2) is 24.2 Å². The molecular formula is C22H27N3O2. The van der Waals surface area contributed by atoms with Crippen molar-refractivity contribution in [3.63, 3.8) is 0 Å². The van der Waals surface area contributed by atoms with Gasteiger partial charge in [-0.05, 0) is 60.6 Å². The Hall–Kier alpha value is -2.56. The fourth-order valence-corrected chi connectivity index (χ4v) is 4.15. The Morgan fingerprint density at radius 2 is 2.11 bits per heavy atom. The van der Waals surface area contributed by atoms with E-state index in [0.29, 0.717) is 11.7 Å². The van der Waals surface area contributed by atoms with E-state index in [4.69, 9.17) is 4.74 Å². The van der Waals surface area contributed by atoms with Crippen LogP contribution in [0.25, 0.3) is 0 Å². The molecule has 1 amide bonds. The predicted molar refractivity (Wildman–Crippen MR) is 106 cm³/mol. The maximum Gasteiger partial charge on any atom is 0.412 e. The number of fused-ring (bicyclic) bond motifs is 1. The summed E-state index contributed by atoms with van der Waals surface area (Å²) < 4.78 is 5.51. The Morgan fingerprint density at radius 3 is 2.93 bits per heavy atom. The van der Waals surface area contributed by atoms with Gasteiger partial charge in [0, 0.05) is 37.7 Å². The fourth-order valence-electron chi connectivity index (χ4n) is 4.15. The lowest BCUT2D eigenvalue weighted by Gasteiger charge is -2.21. The van der Waals surface area contributed by atoms with Crippen molar-refractivity contribution in [3.8, 4) is 5.75 Å². The van der Waals surface area contributed by atoms with Gasteiger partial charge in [0.05, 0.1) is 0 Å². The quantitative estimate of drug-likeness (QED) is 0.858. The largest absolute Gasteiger partial charge is 0.412 e. The lowest BCUT2D eigenvalue weighted by Crippen LogP contribution is -2.32. The van der Waals surface area contributed by atoms with Gasteiger partial charge < -0.3 is 15.0 Å². The highest BCUT2D eigenvalue weighted by atomic mass is 16.6. The molecule has 0 radical (unpaired) electrons. The Morgan fingerprint density at radius 1 is 1.22 bits per heavy atom. The molecule has 27 heavy (non-hydrogen) atoms. The van der Waals surface area contributed by atoms with E-state index >= 15 is 0 Å². The van der Waals surface area contributed by atoms with E-state index in [1.165, 1.54) is 48.9 Å². The highest BCUT2D eigenvalue weighted by molar-refractivity contribution is 5.71. The molecular weight excluding hydrogens is 338 g/mol. The van der Waals surface area contributed by atoms with Gasteiger partial charge in [-0.25, -0.2) is 4.79 Å². The summed E-state index contributed by atoms with van der Waals surface area (Å²) in [6.45, 7) is 2.55. The molecule has 1 aliphatic carbocycles. The van der Waals surface area contributed by atoms with Gasteiger partial charge in [-0.15, -0.1) is 0 Å². The summed E-state index contributed by atoms with van der Waals surface area (Å²) in [6.07, 6.45) is 10.6. The Labute approximate surface area is 160 Å². The van der Waals surface area contributed by atoms with Gasteiger partial charge >= 0.3 is 6.09 Å². The lowest BCUT2D eigenvalue weighted by atomic mass is 9.89. The van der Waals surface area contributed by atoms with Crippen molar-refractivity contribution >= 4 is 11.8 Å². The smallest absolute Gasteiger partial charge is 0.410 e. The Kier molecular flexibility index (Phi) is 5.56. The number of carbonyl (C=O) groups excluding carboxylic acids is 1. The molecule has 1 aliphatic heterocycles. The van der Waals surface area contributed by atoms with Gasteiger partial charge in [0.25, 0.3) is 0 Å². The second kappa shape index (κ2) is 8.42. The van der Waals surface area contributed by atoms with Crippen molar-refractivity contribution in [1.29, 1.82) is 0 Å². The zero-order valence-electron chi connectivity index (χ0n) is 15.7. The predicted octanol–water partition coefficient (Wildman–Crippen LogP) is 4.31. The van der Waals surface area contributed by atoms with E-state index in [1.807, 2.05) is 24.4 Å². The van der Waals surface area contributed by atoms with Gasteiger partial charge in [0.15, 0.2) is 0 Å². The molecule has 0 spiro atoms. The highest BCUT2D eigenvalue weighted by Gasteiger charge is 2.20. The monoisotopic (exact) mass is 365 g/mol. The molecule has 0 unspecified atom stereocenters. The highest BCUT2D eigenvalue weighted by Crippen LogP contribution is 2.32. The van der Waals surface area contributed by atoms with Crippen LogP contribution in [-0.2, 0) is 13.0 Å². The lowest BCUT2D eigenvalue weighted by molar-refractivity contribution is 0.196. The van der Waals surface area contributed by atoms with Crippen LogP contribution >= 0.6 is 0 Å². The van der Waals surface area contributed by atoms with Gasteiger partial charge in [0.1, 0.15) is 5.75 Å². The third-order valence-corrected chi connectivity index (χ3v) is 5.61. The number of anilines is 1. The van der Waals surface area contributed by atoms with Crippen molar-refractivity contribution in [3.05, 3.63) is 53.9 Å². The summed E-state index contributed by atoms with van der Waals surface area (Å²) in [7, 11) is 0. The minimum absolute atomic E-state index is 0.342. The molecule has 4 rings (SSSR count). The molecule has 1 saturated carbocycles. The molecule has 1 aromatic carbocycles. The number of amides is 1. The first-order valence-electron chi connectivity index (χ1n) is 10.0. The maximum atomic E-state index is 12.1. The third kappa shape index (κ3) is 4.59. The molecule has 0 bridgehead atoms. The van der Waals surface area contributed by atoms with E-state index in [2.05, 4.69) is 27.3 Å². The summed E-state index contributed by atoms with van der Waals surface area (Å²) in [5.74, 6) is 1.23. The van der Waals surface area contributed by atoms with E-state index in [9.17, 15) is 4.79 Å². The van der Waals surface area contributed by atoms with Crippen molar-refractivity contribution in [2.75, 3.05) is 18.0 Å². The molecule has 0 atom stereocenters. The number of ether oxygens (including phenoxy) is 1. The van der Waals surface area contributed by atoms with Gasteiger partial charge in [-0.3, -0.25) is 4.98 Å². The van der Waals surface area contributed by atoms with Crippen LogP contribution in [0.5, 0.6) is 5.75 Å². The van der Waals surface area contributed by atoms with Crippen LogP contribution in [0, 0.1) is 5.92 Å². The molecule has 2 aromatic rings. The first-order valence-corrected chi connectivity index (χ1v) is 10.0. The van der Waals surface area contributed by atoms with E-state index < -0.39 is 0 Å². The average molecular weight is 365 g/mol. The molecule has 5 nitrogen and oxygen atoms in total.